The largest absolute Gasteiger partial charge is 0.497 e. The molecule has 4 atom stereocenters. The van der Waals surface area contributed by atoms with Crippen molar-refractivity contribution in [3.8, 4) is 5.75 Å². The summed E-state index contributed by atoms with van der Waals surface area (Å²) in [5.74, 6) is 0.333. The number of nitrogens with one attached hydrogen (secondary N) is 1. The van der Waals surface area contributed by atoms with Crippen LogP contribution in [0.3, 0.4) is 0 Å². The number of amides is 2. The molecule has 5 rings (SSSR count). The van der Waals surface area contributed by atoms with Crippen molar-refractivity contribution in [2.24, 2.45) is 5.92 Å². The minimum Gasteiger partial charge on any atom is -0.497 e. The summed E-state index contributed by atoms with van der Waals surface area (Å²) in [6.07, 6.45) is 5.33. The number of carbonyl (C=O) groups is 3. The summed E-state index contributed by atoms with van der Waals surface area (Å²) in [6, 6.07) is 6.14. The van der Waals surface area contributed by atoms with Crippen LogP contribution in [-0.4, -0.2) is 89.7 Å². The highest BCUT2D eigenvalue weighted by molar-refractivity contribution is 7.10. The predicted molar refractivity (Wildman–Crippen MR) is 168 cm³/mol. The Hall–Kier alpha value is -3.02. The number of fused-ring (bicyclic) bond motifs is 1. The zero-order valence-electron chi connectivity index (χ0n) is 26.5. The van der Waals surface area contributed by atoms with Gasteiger partial charge in [0.05, 0.1) is 19.3 Å². The number of hydrogen-bond acceptors (Lipinski definition) is 9. The quantitative estimate of drug-likeness (QED) is 0.378. The van der Waals surface area contributed by atoms with Crippen LogP contribution in [0.25, 0.3) is 0 Å². The van der Waals surface area contributed by atoms with Gasteiger partial charge in [0, 0.05) is 43.2 Å². The fourth-order valence-corrected chi connectivity index (χ4v) is 7.66. The molecule has 1 saturated carbocycles. The summed E-state index contributed by atoms with van der Waals surface area (Å²) in [4.78, 5) is 50.1. The molecule has 3 fully saturated rings. The fraction of sp³-hybridized carbons (Fsp3) is 0.636. The van der Waals surface area contributed by atoms with Gasteiger partial charge in [0.2, 0.25) is 11.7 Å². The lowest BCUT2D eigenvalue weighted by atomic mass is 9.83. The molecule has 0 bridgehead atoms. The van der Waals surface area contributed by atoms with Gasteiger partial charge in [0.15, 0.2) is 0 Å². The number of aromatic nitrogens is 1. The summed E-state index contributed by atoms with van der Waals surface area (Å²) >= 11 is 1.40. The van der Waals surface area contributed by atoms with Gasteiger partial charge in [-0.3, -0.25) is 14.5 Å². The average molecular weight is 627 g/mol. The molecule has 11 heteroatoms. The third-order valence-electron chi connectivity index (χ3n) is 8.80. The zero-order chi connectivity index (χ0) is 31.4. The summed E-state index contributed by atoms with van der Waals surface area (Å²) in [7, 11) is 1.57. The molecule has 240 valence electrons. The average Bonchev–Trinajstić information content (AvgIpc) is 3.65. The Morgan fingerprint density at radius 3 is 2.59 bits per heavy atom. The summed E-state index contributed by atoms with van der Waals surface area (Å²) in [5, 5.41) is 5.47. The van der Waals surface area contributed by atoms with E-state index in [1.54, 1.807) is 36.8 Å². The first kappa shape index (κ1) is 32.4. The molecule has 44 heavy (non-hydrogen) atoms. The number of thiazole rings is 1. The smallest absolute Gasteiger partial charge is 0.408 e. The Bertz CT molecular complexity index is 1320. The van der Waals surface area contributed by atoms with Crippen LogP contribution in [0.4, 0.5) is 4.79 Å². The van der Waals surface area contributed by atoms with Crippen molar-refractivity contribution in [1.29, 1.82) is 0 Å². The van der Waals surface area contributed by atoms with Gasteiger partial charge in [-0.05, 0) is 65.0 Å². The fourth-order valence-electron chi connectivity index (χ4n) is 6.76. The number of carbonyl (C=O) groups excluding carboxylic acids is 3. The molecule has 1 aromatic carbocycles. The van der Waals surface area contributed by atoms with Crippen molar-refractivity contribution in [3.63, 3.8) is 0 Å². The van der Waals surface area contributed by atoms with E-state index >= 15 is 0 Å². The molecule has 2 amide bonds. The van der Waals surface area contributed by atoms with E-state index in [4.69, 9.17) is 19.2 Å². The van der Waals surface area contributed by atoms with E-state index in [0.717, 1.165) is 45.1 Å². The lowest BCUT2D eigenvalue weighted by Gasteiger charge is -2.45. The molecule has 1 N–H and O–H groups in total. The first-order valence-corrected chi connectivity index (χ1v) is 16.7. The number of piperazine rings is 1. The van der Waals surface area contributed by atoms with Crippen molar-refractivity contribution in [1.82, 2.24) is 20.1 Å². The number of benzene rings is 1. The number of ketones is 1. The standard InChI is InChI=1S/C33H46N4O6S/c1-6-42-25-16-23-17-37(31(39)28(21-11-8-7-9-12-21)35-32(40)43-33(2,3)4)27(19-36(23)18-25)30-34-26(20-44-30)29(38)22-13-10-14-24(15-22)41-5/h10,13-15,20-21,23,25,27-28H,6-9,11-12,16-19H2,1-5H3,(H,35,40)/t23-,25-,27+,28+/m1/s1. The van der Waals surface area contributed by atoms with E-state index in [9.17, 15) is 14.4 Å². The van der Waals surface area contributed by atoms with Crippen molar-refractivity contribution in [2.45, 2.75) is 96.1 Å². The molecular formula is C33H46N4O6S. The highest BCUT2D eigenvalue weighted by Crippen LogP contribution is 2.37. The predicted octanol–water partition coefficient (Wildman–Crippen LogP) is 5.22. The molecule has 2 saturated heterocycles. The van der Waals surface area contributed by atoms with Gasteiger partial charge >= 0.3 is 6.09 Å². The van der Waals surface area contributed by atoms with Crippen LogP contribution >= 0.6 is 11.3 Å². The van der Waals surface area contributed by atoms with E-state index < -0.39 is 17.7 Å². The van der Waals surface area contributed by atoms with Gasteiger partial charge in [-0.15, -0.1) is 11.3 Å². The first-order chi connectivity index (χ1) is 21.1. The van der Waals surface area contributed by atoms with Gasteiger partial charge in [-0.25, -0.2) is 9.78 Å². The van der Waals surface area contributed by atoms with Gasteiger partial charge in [-0.2, -0.15) is 0 Å². The molecule has 2 aliphatic heterocycles. The summed E-state index contributed by atoms with van der Waals surface area (Å²) in [5.41, 5.74) is 0.163. The molecule has 0 spiro atoms. The number of nitrogens with zero attached hydrogens (tertiary/aromatic N) is 3. The normalized spacial score (nSPS) is 23.6. The maximum absolute atomic E-state index is 14.6. The van der Waals surface area contributed by atoms with Crippen LogP contribution in [0, 0.1) is 5.92 Å². The SMILES string of the molecule is CCO[C@@H]1C[C@@H]2CN(C(=O)[C@@H](NC(=O)OC(C)(C)C)C3CCCCC3)[C@H](c3nc(C(=O)c4cccc(OC)c4)cs3)CN2C1. The van der Waals surface area contributed by atoms with Gasteiger partial charge in [0.1, 0.15) is 28.1 Å². The van der Waals surface area contributed by atoms with Crippen molar-refractivity contribution >= 4 is 29.1 Å². The van der Waals surface area contributed by atoms with E-state index in [2.05, 4.69) is 10.2 Å². The lowest BCUT2D eigenvalue weighted by molar-refractivity contribution is -0.141. The topological polar surface area (TPSA) is 110 Å². The highest BCUT2D eigenvalue weighted by Gasteiger charge is 2.46. The Balaban J connectivity index is 1.44. The van der Waals surface area contributed by atoms with Crippen LogP contribution in [0.1, 0.15) is 93.3 Å². The van der Waals surface area contributed by atoms with Gasteiger partial charge in [-0.1, -0.05) is 31.4 Å². The second-order valence-electron chi connectivity index (χ2n) is 13.1. The third kappa shape index (κ3) is 7.61. The van der Waals surface area contributed by atoms with Crippen LogP contribution in [0.5, 0.6) is 5.75 Å². The van der Waals surface area contributed by atoms with Crippen LogP contribution < -0.4 is 10.1 Å². The van der Waals surface area contributed by atoms with Crippen molar-refractivity contribution in [3.05, 3.63) is 45.9 Å². The van der Waals surface area contributed by atoms with Crippen molar-refractivity contribution in [2.75, 3.05) is 33.4 Å². The minimum absolute atomic E-state index is 0.0312. The summed E-state index contributed by atoms with van der Waals surface area (Å²) < 4.78 is 16.9. The molecule has 2 aromatic rings. The van der Waals surface area contributed by atoms with Gasteiger partial charge in [0.25, 0.3) is 0 Å². The second kappa shape index (κ2) is 14.0. The van der Waals surface area contributed by atoms with Gasteiger partial charge < -0.3 is 24.4 Å². The highest BCUT2D eigenvalue weighted by atomic mass is 32.1. The molecule has 0 radical (unpaired) electrons. The summed E-state index contributed by atoms with van der Waals surface area (Å²) in [6.45, 7) is 9.99. The van der Waals surface area contributed by atoms with E-state index in [0.29, 0.717) is 41.7 Å². The lowest BCUT2D eigenvalue weighted by Crippen LogP contribution is -2.60. The number of methoxy groups -OCH3 is 1. The number of hydrogen-bond donors (Lipinski definition) is 1. The molecule has 3 heterocycles. The van der Waals surface area contributed by atoms with Crippen LogP contribution in [-0.2, 0) is 14.3 Å². The molecule has 1 aromatic heterocycles. The Labute approximate surface area is 264 Å². The molecular weight excluding hydrogens is 580 g/mol. The third-order valence-corrected chi connectivity index (χ3v) is 9.74. The van der Waals surface area contributed by atoms with E-state index in [1.807, 2.05) is 32.6 Å². The van der Waals surface area contributed by atoms with Crippen LogP contribution in [0.15, 0.2) is 29.6 Å². The number of ether oxygens (including phenoxy) is 3. The molecule has 1 aliphatic carbocycles. The maximum Gasteiger partial charge on any atom is 0.408 e. The van der Waals surface area contributed by atoms with Crippen molar-refractivity contribution < 1.29 is 28.6 Å². The molecule has 10 nitrogen and oxygen atoms in total. The Morgan fingerprint density at radius 2 is 1.89 bits per heavy atom. The Kier molecular flexibility index (Phi) is 10.3. The van der Waals surface area contributed by atoms with E-state index in [-0.39, 0.29) is 35.8 Å². The second-order valence-corrected chi connectivity index (χ2v) is 14.0. The molecule has 3 aliphatic rings. The number of alkyl carbamates (subject to hydrolysis) is 1. The minimum atomic E-state index is -0.693. The van der Waals surface area contributed by atoms with E-state index in [1.165, 1.54) is 11.3 Å². The zero-order valence-corrected chi connectivity index (χ0v) is 27.4. The first-order valence-electron chi connectivity index (χ1n) is 15.9. The van der Waals surface area contributed by atoms with Crippen LogP contribution in [0.2, 0.25) is 0 Å². The Morgan fingerprint density at radius 1 is 1.11 bits per heavy atom. The molecule has 0 unspecified atom stereocenters. The monoisotopic (exact) mass is 626 g/mol. The number of rotatable bonds is 9. The maximum atomic E-state index is 14.6.